The summed E-state index contributed by atoms with van der Waals surface area (Å²) in [6.07, 6.45) is 0. The molecule has 92 valence electrons. The van der Waals surface area contributed by atoms with Gasteiger partial charge < -0.3 is 5.73 Å². The first-order chi connectivity index (χ1) is 8.50. The van der Waals surface area contributed by atoms with Crippen molar-refractivity contribution in [3.63, 3.8) is 0 Å². The predicted molar refractivity (Wildman–Crippen MR) is 68.3 cm³/mol. The van der Waals surface area contributed by atoms with E-state index in [9.17, 15) is 13.6 Å². The number of benzene rings is 2. The summed E-state index contributed by atoms with van der Waals surface area (Å²) in [5.41, 5.74) is 5.99. The molecule has 2 nitrogen and oxygen atoms in total. The smallest absolute Gasteiger partial charge is 0.196 e. The van der Waals surface area contributed by atoms with Crippen molar-refractivity contribution < 1.29 is 13.6 Å². The standard InChI is InChI=1S/C13H8BrF2NO/c14-9-6-7(4-5-11(9)17)13(18)8-2-1-3-10(15)12(8)16/h1-6H,17H2. The van der Waals surface area contributed by atoms with Gasteiger partial charge in [0.25, 0.3) is 0 Å². The maximum atomic E-state index is 13.5. The van der Waals surface area contributed by atoms with Gasteiger partial charge in [-0.1, -0.05) is 6.07 Å². The van der Waals surface area contributed by atoms with Crippen LogP contribution in [0.2, 0.25) is 0 Å². The van der Waals surface area contributed by atoms with Crippen LogP contribution in [-0.4, -0.2) is 5.78 Å². The highest BCUT2D eigenvalue weighted by Crippen LogP contribution is 2.23. The van der Waals surface area contributed by atoms with Crippen LogP contribution >= 0.6 is 15.9 Å². The van der Waals surface area contributed by atoms with E-state index < -0.39 is 17.4 Å². The summed E-state index contributed by atoms with van der Waals surface area (Å²) < 4.78 is 27.1. The van der Waals surface area contributed by atoms with Gasteiger partial charge in [-0.3, -0.25) is 4.79 Å². The molecule has 5 heteroatoms. The van der Waals surface area contributed by atoms with Crippen molar-refractivity contribution in [1.82, 2.24) is 0 Å². The normalized spacial score (nSPS) is 10.4. The van der Waals surface area contributed by atoms with Crippen LogP contribution in [0.3, 0.4) is 0 Å². The van der Waals surface area contributed by atoms with Gasteiger partial charge >= 0.3 is 0 Å². The molecule has 0 aliphatic carbocycles. The number of nitrogens with two attached hydrogens (primary N) is 1. The van der Waals surface area contributed by atoms with Gasteiger partial charge in [0.05, 0.1) is 5.56 Å². The lowest BCUT2D eigenvalue weighted by Crippen LogP contribution is -2.06. The van der Waals surface area contributed by atoms with Crippen LogP contribution in [0, 0.1) is 11.6 Å². The zero-order valence-electron chi connectivity index (χ0n) is 9.08. The zero-order chi connectivity index (χ0) is 13.3. The van der Waals surface area contributed by atoms with Gasteiger partial charge in [0.15, 0.2) is 17.4 Å². The molecule has 2 rings (SSSR count). The van der Waals surface area contributed by atoms with Crippen LogP contribution in [0.25, 0.3) is 0 Å². The Labute approximate surface area is 111 Å². The largest absolute Gasteiger partial charge is 0.398 e. The van der Waals surface area contributed by atoms with E-state index >= 15 is 0 Å². The SMILES string of the molecule is Nc1ccc(C(=O)c2cccc(F)c2F)cc1Br. The van der Waals surface area contributed by atoms with Gasteiger partial charge in [-0.05, 0) is 46.3 Å². The third-order valence-corrected chi connectivity index (χ3v) is 3.15. The maximum Gasteiger partial charge on any atom is 0.196 e. The summed E-state index contributed by atoms with van der Waals surface area (Å²) in [4.78, 5) is 12.0. The van der Waals surface area contributed by atoms with Crippen molar-refractivity contribution in [2.75, 3.05) is 5.73 Å². The second-order valence-electron chi connectivity index (χ2n) is 3.67. The van der Waals surface area contributed by atoms with E-state index in [4.69, 9.17) is 5.73 Å². The predicted octanol–water partition coefficient (Wildman–Crippen LogP) is 3.54. The molecule has 0 saturated carbocycles. The number of ketones is 1. The Hall–Kier alpha value is -1.75. The summed E-state index contributed by atoms with van der Waals surface area (Å²) in [6.45, 7) is 0. The van der Waals surface area contributed by atoms with E-state index in [0.717, 1.165) is 6.07 Å². The second kappa shape index (κ2) is 4.86. The lowest BCUT2D eigenvalue weighted by molar-refractivity contribution is 0.103. The zero-order valence-corrected chi connectivity index (χ0v) is 10.7. The summed E-state index contributed by atoms with van der Waals surface area (Å²) >= 11 is 3.17. The summed E-state index contributed by atoms with van der Waals surface area (Å²) in [6, 6.07) is 7.96. The monoisotopic (exact) mass is 311 g/mol. The lowest BCUT2D eigenvalue weighted by atomic mass is 10.0. The van der Waals surface area contributed by atoms with Gasteiger partial charge in [0.1, 0.15) is 0 Å². The number of anilines is 1. The van der Waals surface area contributed by atoms with Gasteiger partial charge in [0.2, 0.25) is 0 Å². The Morgan fingerprint density at radius 2 is 1.89 bits per heavy atom. The van der Waals surface area contributed by atoms with E-state index in [0.29, 0.717) is 10.2 Å². The molecule has 0 bridgehead atoms. The van der Waals surface area contributed by atoms with Gasteiger partial charge in [-0.25, -0.2) is 8.78 Å². The lowest BCUT2D eigenvalue weighted by Gasteiger charge is -2.05. The van der Waals surface area contributed by atoms with Crippen molar-refractivity contribution in [2.24, 2.45) is 0 Å². The molecule has 2 aromatic carbocycles. The van der Waals surface area contributed by atoms with Crippen LogP contribution in [-0.2, 0) is 0 Å². The van der Waals surface area contributed by atoms with Crippen LogP contribution in [0.5, 0.6) is 0 Å². The van der Waals surface area contributed by atoms with Crippen LogP contribution < -0.4 is 5.73 Å². The van der Waals surface area contributed by atoms with E-state index in [1.807, 2.05) is 0 Å². The quantitative estimate of drug-likeness (QED) is 0.681. The fourth-order valence-corrected chi connectivity index (χ4v) is 1.88. The topological polar surface area (TPSA) is 43.1 Å². The number of hydrogen-bond donors (Lipinski definition) is 1. The Bertz CT molecular complexity index is 628. The Morgan fingerprint density at radius 1 is 1.17 bits per heavy atom. The molecule has 18 heavy (non-hydrogen) atoms. The first-order valence-corrected chi connectivity index (χ1v) is 5.83. The molecule has 0 spiro atoms. The van der Waals surface area contributed by atoms with Crippen LogP contribution in [0.15, 0.2) is 40.9 Å². The fourth-order valence-electron chi connectivity index (χ4n) is 1.50. The molecule has 0 aliphatic heterocycles. The molecule has 0 aromatic heterocycles. The average molecular weight is 312 g/mol. The Balaban J connectivity index is 2.48. The van der Waals surface area contributed by atoms with E-state index in [-0.39, 0.29) is 11.1 Å². The molecule has 0 saturated heterocycles. The average Bonchev–Trinajstić information content (AvgIpc) is 2.35. The summed E-state index contributed by atoms with van der Waals surface area (Å²) in [5, 5.41) is 0. The third kappa shape index (κ3) is 2.26. The maximum absolute atomic E-state index is 13.5. The molecule has 0 radical (unpaired) electrons. The third-order valence-electron chi connectivity index (χ3n) is 2.46. The molecule has 2 N–H and O–H groups in total. The molecule has 0 atom stereocenters. The van der Waals surface area contributed by atoms with Gasteiger partial charge in [0, 0.05) is 15.7 Å². The second-order valence-corrected chi connectivity index (χ2v) is 4.52. The number of rotatable bonds is 2. The van der Waals surface area contributed by atoms with E-state index in [1.54, 1.807) is 0 Å². The van der Waals surface area contributed by atoms with Crippen molar-refractivity contribution in [1.29, 1.82) is 0 Å². The fraction of sp³-hybridized carbons (Fsp3) is 0. The molecule has 0 aliphatic rings. The number of hydrogen-bond acceptors (Lipinski definition) is 2. The molecule has 0 fully saturated rings. The van der Waals surface area contributed by atoms with Crippen molar-refractivity contribution in [3.8, 4) is 0 Å². The summed E-state index contributed by atoms with van der Waals surface area (Å²) in [5.74, 6) is -2.78. The summed E-state index contributed by atoms with van der Waals surface area (Å²) in [7, 11) is 0. The first-order valence-electron chi connectivity index (χ1n) is 5.04. The van der Waals surface area contributed by atoms with Gasteiger partial charge in [-0.2, -0.15) is 0 Å². The number of carbonyl (C=O) groups is 1. The molecule has 2 aromatic rings. The Kier molecular flexibility index (Phi) is 3.43. The minimum Gasteiger partial charge on any atom is -0.398 e. The van der Waals surface area contributed by atoms with Crippen molar-refractivity contribution in [3.05, 3.63) is 63.6 Å². The van der Waals surface area contributed by atoms with E-state index in [1.165, 1.54) is 30.3 Å². The molecular weight excluding hydrogens is 304 g/mol. The molecule has 0 unspecified atom stereocenters. The Morgan fingerprint density at radius 3 is 2.56 bits per heavy atom. The highest BCUT2D eigenvalue weighted by atomic mass is 79.9. The van der Waals surface area contributed by atoms with Gasteiger partial charge in [-0.15, -0.1) is 0 Å². The highest BCUT2D eigenvalue weighted by molar-refractivity contribution is 9.10. The minimum absolute atomic E-state index is 0.237. The number of halogens is 3. The molecule has 0 heterocycles. The molecular formula is C13H8BrF2NO. The van der Waals surface area contributed by atoms with Crippen LogP contribution in [0.1, 0.15) is 15.9 Å². The van der Waals surface area contributed by atoms with E-state index in [2.05, 4.69) is 15.9 Å². The van der Waals surface area contributed by atoms with Crippen molar-refractivity contribution >= 4 is 27.4 Å². The first kappa shape index (κ1) is 12.7. The molecule has 0 amide bonds. The number of nitrogen functional groups attached to an aromatic ring is 1. The van der Waals surface area contributed by atoms with Crippen molar-refractivity contribution in [2.45, 2.75) is 0 Å². The van der Waals surface area contributed by atoms with Crippen LogP contribution in [0.4, 0.5) is 14.5 Å². The minimum atomic E-state index is -1.14. The number of carbonyl (C=O) groups excluding carboxylic acids is 1. The highest BCUT2D eigenvalue weighted by Gasteiger charge is 2.17.